The van der Waals surface area contributed by atoms with E-state index >= 15 is 0 Å². The average molecular weight is 439 g/mol. The van der Waals surface area contributed by atoms with Gasteiger partial charge in [0.25, 0.3) is 0 Å². The Bertz CT molecular complexity index is 895. The maximum absolute atomic E-state index is 13.3. The van der Waals surface area contributed by atoms with E-state index in [9.17, 15) is 4.79 Å². The fraction of sp³-hybridized carbons (Fsp3) is 0.615. The van der Waals surface area contributed by atoms with Gasteiger partial charge < -0.3 is 9.64 Å². The minimum Gasteiger partial charge on any atom is -0.376 e. The average Bonchev–Trinajstić information content (AvgIpc) is 3.39. The molecule has 6 nitrogen and oxygen atoms in total. The van der Waals surface area contributed by atoms with Crippen LogP contribution < -0.4 is 0 Å². The van der Waals surface area contributed by atoms with E-state index in [0.717, 1.165) is 69.9 Å². The number of hydrogen-bond donors (Lipinski definition) is 0. The summed E-state index contributed by atoms with van der Waals surface area (Å²) in [6, 6.07) is 10.7. The third kappa shape index (κ3) is 5.99. The van der Waals surface area contributed by atoms with Crippen LogP contribution in [0.3, 0.4) is 0 Å². The van der Waals surface area contributed by atoms with Gasteiger partial charge >= 0.3 is 0 Å². The summed E-state index contributed by atoms with van der Waals surface area (Å²) >= 11 is 0. The molecule has 1 aromatic carbocycles. The van der Waals surface area contributed by atoms with Crippen molar-refractivity contribution < 1.29 is 9.53 Å². The van der Waals surface area contributed by atoms with E-state index in [4.69, 9.17) is 4.74 Å². The number of carbonyl (C=O) groups excluding carboxylic acids is 1. The highest BCUT2D eigenvalue weighted by molar-refractivity contribution is 5.76. The summed E-state index contributed by atoms with van der Waals surface area (Å²) in [6.45, 7) is 12.1. The summed E-state index contributed by atoms with van der Waals surface area (Å²) in [4.78, 5) is 17.9. The molecule has 2 aliphatic heterocycles. The maximum Gasteiger partial charge on any atom is 0.244 e. The lowest BCUT2D eigenvalue weighted by Crippen LogP contribution is -2.44. The lowest BCUT2D eigenvalue weighted by Gasteiger charge is -2.36. The minimum atomic E-state index is 0.161. The van der Waals surface area contributed by atoms with Gasteiger partial charge in [0.05, 0.1) is 11.8 Å². The SMILES string of the molecule is Cc1cc(C)n(CC(=O)N(CC2CCN(Cc3ccccc3C)CC2)C[C@H]2CCCO2)n1. The number of aromatic nitrogens is 2. The zero-order chi connectivity index (χ0) is 22.5. The molecule has 6 heteroatoms. The van der Waals surface area contributed by atoms with E-state index < -0.39 is 0 Å². The third-order valence-electron chi connectivity index (χ3n) is 7.03. The Labute approximate surface area is 192 Å². The number of aryl methyl sites for hydroxylation is 3. The molecule has 4 rings (SSSR count). The molecular formula is C26H38N4O2. The van der Waals surface area contributed by atoms with Crippen LogP contribution in [0.1, 0.15) is 48.2 Å². The second kappa shape index (κ2) is 10.6. The van der Waals surface area contributed by atoms with Crippen LogP contribution in [0.25, 0.3) is 0 Å². The fourth-order valence-corrected chi connectivity index (χ4v) is 5.04. The summed E-state index contributed by atoms with van der Waals surface area (Å²) in [6.07, 6.45) is 4.61. The predicted octanol–water partition coefficient (Wildman–Crippen LogP) is 3.73. The molecule has 0 saturated carbocycles. The van der Waals surface area contributed by atoms with Crippen LogP contribution in [0.5, 0.6) is 0 Å². The number of ether oxygens (including phenoxy) is 1. The molecule has 1 atom stereocenters. The molecule has 32 heavy (non-hydrogen) atoms. The van der Waals surface area contributed by atoms with Crippen LogP contribution >= 0.6 is 0 Å². The second-order valence-corrected chi connectivity index (χ2v) is 9.66. The molecule has 2 saturated heterocycles. The number of benzene rings is 1. The van der Waals surface area contributed by atoms with Gasteiger partial charge in [-0.2, -0.15) is 5.10 Å². The number of nitrogens with zero attached hydrogens (tertiary/aromatic N) is 4. The molecule has 0 bridgehead atoms. The Hall–Kier alpha value is -2.18. The molecule has 0 radical (unpaired) electrons. The molecule has 1 amide bonds. The van der Waals surface area contributed by atoms with E-state index in [1.54, 1.807) is 0 Å². The van der Waals surface area contributed by atoms with Crippen molar-refractivity contribution in [3.63, 3.8) is 0 Å². The van der Waals surface area contributed by atoms with Gasteiger partial charge in [-0.1, -0.05) is 24.3 Å². The molecule has 0 spiro atoms. The Morgan fingerprint density at radius 2 is 1.91 bits per heavy atom. The van der Waals surface area contributed by atoms with Gasteiger partial charge in [-0.05, 0) is 82.7 Å². The normalized spacial score (nSPS) is 20.0. The second-order valence-electron chi connectivity index (χ2n) is 9.66. The number of likely N-dealkylation sites (tertiary alicyclic amines) is 1. The first-order chi connectivity index (χ1) is 15.5. The fourth-order valence-electron chi connectivity index (χ4n) is 5.04. The molecule has 0 unspecified atom stereocenters. The topological polar surface area (TPSA) is 50.6 Å². The molecule has 3 heterocycles. The first-order valence-electron chi connectivity index (χ1n) is 12.1. The molecular weight excluding hydrogens is 400 g/mol. The van der Waals surface area contributed by atoms with Crippen LogP contribution in [-0.2, 0) is 22.6 Å². The third-order valence-corrected chi connectivity index (χ3v) is 7.03. The van der Waals surface area contributed by atoms with Crippen molar-refractivity contribution in [1.29, 1.82) is 0 Å². The number of rotatable bonds is 8. The minimum absolute atomic E-state index is 0.161. The molecule has 2 aliphatic rings. The highest BCUT2D eigenvalue weighted by Gasteiger charge is 2.27. The van der Waals surface area contributed by atoms with Gasteiger partial charge in [-0.25, -0.2) is 0 Å². The van der Waals surface area contributed by atoms with E-state index in [1.165, 1.54) is 11.1 Å². The van der Waals surface area contributed by atoms with E-state index in [0.29, 0.717) is 19.0 Å². The van der Waals surface area contributed by atoms with Crippen LogP contribution in [0.15, 0.2) is 30.3 Å². The van der Waals surface area contributed by atoms with Gasteiger partial charge in [0.1, 0.15) is 6.54 Å². The standard InChI is InChI=1S/C26H38N4O2/c1-20-7-4-5-8-24(20)17-28-12-10-23(11-13-28)16-29(18-25-9-6-14-32-25)26(31)19-30-22(3)15-21(2)27-30/h4-5,7-8,15,23,25H,6,9-14,16-19H2,1-3H3/t25-/m1/s1. The van der Waals surface area contributed by atoms with Crippen molar-refractivity contribution in [2.45, 2.75) is 65.6 Å². The van der Waals surface area contributed by atoms with E-state index in [1.807, 2.05) is 24.6 Å². The molecule has 2 fully saturated rings. The first kappa shape index (κ1) is 23.0. The van der Waals surface area contributed by atoms with Crippen molar-refractivity contribution >= 4 is 5.91 Å². The van der Waals surface area contributed by atoms with Crippen molar-refractivity contribution in [2.24, 2.45) is 5.92 Å². The monoisotopic (exact) mass is 438 g/mol. The van der Waals surface area contributed by atoms with Gasteiger partial charge in [0, 0.05) is 31.9 Å². The highest BCUT2D eigenvalue weighted by atomic mass is 16.5. The van der Waals surface area contributed by atoms with Crippen molar-refractivity contribution in [3.8, 4) is 0 Å². The number of amides is 1. The van der Waals surface area contributed by atoms with Gasteiger partial charge in [-0.3, -0.25) is 14.4 Å². The van der Waals surface area contributed by atoms with E-state index in [-0.39, 0.29) is 12.0 Å². The molecule has 2 aromatic rings. The largest absolute Gasteiger partial charge is 0.376 e. The number of hydrogen-bond acceptors (Lipinski definition) is 4. The van der Waals surface area contributed by atoms with Crippen molar-refractivity contribution in [1.82, 2.24) is 19.6 Å². The summed E-state index contributed by atoms with van der Waals surface area (Å²) in [5.74, 6) is 0.711. The molecule has 0 N–H and O–H groups in total. The van der Waals surface area contributed by atoms with Crippen molar-refractivity contribution in [3.05, 3.63) is 52.8 Å². The quantitative estimate of drug-likeness (QED) is 0.630. The number of piperidine rings is 1. The lowest BCUT2D eigenvalue weighted by molar-refractivity contribution is -0.134. The summed E-state index contributed by atoms with van der Waals surface area (Å²) in [5, 5.41) is 4.50. The maximum atomic E-state index is 13.3. The Morgan fingerprint density at radius 3 is 2.56 bits per heavy atom. The van der Waals surface area contributed by atoms with Crippen LogP contribution in [0.4, 0.5) is 0 Å². The van der Waals surface area contributed by atoms with Gasteiger partial charge in [0.2, 0.25) is 5.91 Å². The Kier molecular flexibility index (Phi) is 7.63. The predicted molar refractivity (Wildman–Crippen MR) is 126 cm³/mol. The molecule has 174 valence electrons. The van der Waals surface area contributed by atoms with Crippen molar-refractivity contribution in [2.75, 3.05) is 32.8 Å². The van der Waals surface area contributed by atoms with Gasteiger partial charge in [0.15, 0.2) is 0 Å². The Balaban J connectivity index is 1.34. The van der Waals surface area contributed by atoms with Crippen LogP contribution in [0, 0.1) is 26.7 Å². The highest BCUT2D eigenvalue weighted by Crippen LogP contribution is 2.23. The van der Waals surface area contributed by atoms with Crippen LogP contribution in [0.2, 0.25) is 0 Å². The molecule has 0 aliphatic carbocycles. The first-order valence-corrected chi connectivity index (χ1v) is 12.1. The molecule has 1 aromatic heterocycles. The smallest absolute Gasteiger partial charge is 0.244 e. The zero-order valence-corrected chi connectivity index (χ0v) is 19.9. The summed E-state index contributed by atoms with van der Waals surface area (Å²) in [5.41, 5.74) is 4.79. The summed E-state index contributed by atoms with van der Waals surface area (Å²) in [7, 11) is 0. The van der Waals surface area contributed by atoms with E-state index in [2.05, 4.69) is 46.1 Å². The number of carbonyl (C=O) groups is 1. The Morgan fingerprint density at radius 1 is 1.12 bits per heavy atom. The van der Waals surface area contributed by atoms with Gasteiger partial charge in [-0.15, -0.1) is 0 Å². The zero-order valence-electron chi connectivity index (χ0n) is 19.9. The van der Waals surface area contributed by atoms with Crippen LogP contribution in [-0.4, -0.2) is 64.4 Å². The lowest BCUT2D eigenvalue weighted by atomic mass is 9.95. The summed E-state index contributed by atoms with van der Waals surface area (Å²) < 4.78 is 7.71.